The molecule has 0 aliphatic carbocycles. The van der Waals surface area contributed by atoms with Gasteiger partial charge >= 0.3 is 5.97 Å². The second kappa shape index (κ2) is 6.58. The molecule has 1 rings (SSSR count). The molecule has 1 aromatic heterocycles. The highest BCUT2D eigenvalue weighted by Gasteiger charge is 2.10. The number of nitrogens with one attached hydrogen (secondary N) is 1. The van der Waals surface area contributed by atoms with E-state index in [0.717, 1.165) is 6.42 Å². The maximum atomic E-state index is 11.5. The maximum Gasteiger partial charge on any atom is 0.335 e. The van der Waals surface area contributed by atoms with Gasteiger partial charge in [-0.25, -0.2) is 9.78 Å². The first-order chi connectivity index (χ1) is 8.54. The Morgan fingerprint density at radius 2 is 2.22 bits per heavy atom. The van der Waals surface area contributed by atoms with Crippen LogP contribution < -0.4 is 10.2 Å². The molecule has 0 fully saturated rings. The first kappa shape index (κ1) is 14.0. The molecule has 98 valence electrons. The minimum atomic E-state index is -1.01. The monoisotopic (exact) mass is 251 g/mol. The summed E-state index contributed by atoms with van der Waals surface area (Å²) in [7, 11) is 1.69. The average molecular weight is 251 g/mol. The summed E-state index contributed by atoms with van der Waals surface area (Å²) in [6, 6.07) is 2.85. The Hall–Kier alpha value is -2.11. The summed E-state index contributed by atoms with van der Waals surface area (Å²) in [5, 5.41) is 11.6. The zero-order valence-corrected chi connectivity index (χ0v) is 10.5. The summed E-state index contributed by atoms with van der Waals surface area (Å²) in [5.74, 6) is -0.661. The lowest BCUT2D eigenvalue weighted by molar-refractivity contribution is -0.119. The summed E-state index contributed by atoms with van der Waals surface area (Å²) in [5.41, 5.74) is 0.154. The molecule has 18 heavy (non-hydrogen) atoms. The van der Waals surface area contributed by atoms with E-state index in [1.54, 1.807) is 11.9 Å². The van der Waals surface area contributed by atoms with Crippen molar-refractivity contribution in [3.05, 3.63) is 23.9 Å². The molecule has 1 amide bonds. The highest BCUT2D eigenvalue weighted by Crippen LogP contribution is 2.10. The highest BCUT2D eigenvalue weighted by molar-refractivity contribution is 5.88. The molecule has 0 radical (unpaired) electrons. The Kier molecular flexibility index (Phi) is 5.10. The van der Waals surface area contributed by atoms with Crippen molar-refractivity contribution in [1.82, 2.24) is 10.3 Å². The summed E-state index contributed by atoms with van der Waals surface area (Å²) in [6.45, 7) is 2.76. The fraction of sp³-hybridized carbons (Fsp3) is 0.417. The third-order valence-corrected chi connectivity index (χ3v) is 2.34. The zero-order valence-electron chi connectivity index (χ0n) is 10.5. The predicted octanol–water partition coefficient (Wildman–Crippen LogP) is 0.742. The van der Waals surface area contributed by atoms with Gasteiger partial charge in [-0.3, -0.25) is 4.79 Å². The molecule has 0 bridgehead atoms. The summed E-state index contributed by atoms with van der Waals surface area (Å²) in [6.07, 6.45) is 2.29. The van der Waals surface area contributed by atoms with Crippen LogP contribution in [0, 0.1) is 0 Å². The molecule has 0 saturated carbocycles. The Balaban J connectivity index is 2.66. The van der Waals surface area contributed by atoms with E-state index in [9.17, 15) is 9.59 Å². The van der Waals surface area contributed by atoms with Crippen molar-refractivity contribution in [1.29, 1.82) is 0 Å². The molecule has 6 heteroatoms. The third-order valence-electron chi connectivity index (χ3n) is 2.34. The van der Waals surface area contributed by atoms with Crippen LogP contribution in [0.1, 0.15) is 23.7 Å². The number of carbonyl (C=O) groups is 2. The number of carboxylic acid groups (broad SMARTS) is 1. The Morgan fingerprint density at radius 1 is 1.50 bits per heavy atom. The minimum Gasteiger partial charge on any atom is -0.478 e. The van der Waals surface area contributed by atoms with Crippen molar-refractivity contribution in [3.8, 4) is 0 Å². The number of hydrogen-bond donors (Lipinski definition) is 2. The fourth-order valence-corrected chi connectivity index (χ4v) is 1.38. The topological polar surface area (TPSA) is 82.5 Å². The van der Waals surface area contributed by atoms with Gasteiger partial charge in [0, 0.05) is 19.8 Å². The number of aromatic nitrogens is 1. The number of rotatable bonds is 6. The van der Waals surface area contributed by atoms with Crippen molar-refractivity contribution in [3.63, 3.8) is 0 Å². The van der Waals surface area contributed by atoms with Crippen molar-refractivity contribution in [2.24, 2.45) is 0 Å². The number of nitrogens with zero attached hydrogens (tertiary/aromatic N) is 2. The van der Waals surface area contributed by atoms with Gasteiger partial charge in [0.2, 0.25) is 5.91 Å². The smallest absolute Gasteiger partial charge is 0.335 e. The van der Waals surface area contributed by atoms with Gasteiger partial charge in [-0.1, -0.05) is 6.92 Å². The van der Waals surface area contributed by atoms with Crippen molar-refractivity contribution >= 4 is 17.7 Å². The predicted molar refractivity (Wildman–Crippen MR) is 67.8 cm³/mol. The Morgan fingerprint density at radius 3 is 2.83 bits per heavy atom. The number of likely N-dealkylation sites (N-methyl/N-ethyl adjacent to an activating group) is 1. The Bertz CT molecular complexity index is 434. The van der Waals surface area contributed by atoms with E-state index in [1.165, 1.54) is 18.3 Å². The number of pyridine rings is 1. The molecule has 0 aliphatic heterocycles. The molecule has 0 unspecified atom stereocenters. The van der Waals surface area contributed by atoms with E-state index in [0.29, 0.717) is 12.4 Å². The molecule has 0 aromatic carbocycles. The van der Waals surface area contributed by atoms with Crippen LogP contribution in [0.4, 0.5) is 5.82 Å². The first-order valence-corrected chi connectivity index (χ1v) is 5.71. The summed E-state index contributed by atoms with van der Waals surface area (Å²) < 4.78 is 0. The highest BCUT2D eigenvalue weighted by atomic mass is 16.4. The number of hydrogen-bond acceptors (Lipinski definition) is 4. The minimum absolute atomic E-state index is 0.109. The summed E-state index contributed by atoms with van der Waals surface area (Å²) in [4.78, 5) is 28.0. The fourth-order valence-electron chi connectivity index (χ4n) is 1.38. The third kappa shape index (κ3) is 4.04. The van der Waals surface area contributed by atoms with E-state index < -0.39 is 5.97 Å². The van der Waals surface area contributed by atoms with Crippen molar-refractivity contribution in [2.45, 2.75) is 13.3 Å². The van der Waals surface area contributed by atoms with Gasteiger partial charge in [0.1, 0.15) is 5.82 Å². The van der Waals surface area contributed by atoms with E-state index in [2.05, 4.69) is 10.3 Å². The van der Waals surface area contributed by atoms with Gasteiger partial charge in [-0.15, -0.1) is 0 Å². The zero-order chi connectivity index (χ0) is 13.5. The molecular weight excluding hydrogens is 234 g/mol. The first-order valence-electron chi connectivity index (χ1n) is 5.71. The van der Waals surface area contributed by atoms with E-state index in [4.69, 9.17) is 5.11 Å². The molecule has 6 nitrogen and oxygen atoms in total. The van der Waals surface area contributed by atoms with Crippen LogP contribution in [0.2, 0.25) is 0 Å². The van der Waals surface area contributed by atoms with Gasteiger partial charge < -0.3 is 15.3 Å². The molecule has 0 saturated heterocycles. The van der Waals surface area contributed by atoms with Crippen LogP contribution >= 0.6 is 0 Å². The van der Waals surface area contributed by atoms with Gasteiger partial charge in [0.25, 0.3) is 0 Å². The van der Waals surface area contributed by atoms with Crippen molar-refractivity contribution in [2.75, 3.05) is 25.0 Å². The van der Waals surface area contributed by atoms with Crippen LogP contribution in [-0.4, -0.2) is 42.1 Å². The van der Waals surface area contributed by atoms with Crippen LogP contribution in [0.15, 0.2) is 18.3 Å². The maximum absolute atomic E-state index is 11.5. The van der Waals surface area contributed by atoms with E-state index in [-0.39, 0.29) is 18.0 Å². The van der Waals surface area contributed by atoms with E-state index in [1.807, 2.05) is 6.92 Å². The number of amides is 1. The molecule has 1 aromatic rings. The molecule has 1 heterocycles. The second-order valence-electron chi connectivity index (χ2n) is 3.91. The molecular formula is C12H17N3O3. The van der Waals surface area contributed by atoms with Crippen molar-refractivity contribution < 1.29 is 14.7 Å². The van der Waals surface area contributed by atoms with Gasteiger partial charge in [-0.05, 0) is 18.6 Å². The average Bonchev–Trinajstić information content (AvgIpc) is 2.36. The van der Waals surface area contributed by atoms with Gasteiger partial charge in [0.05, 0.1) is 12.1 Å². The molecule has 0 aliphatic rings. The standard InChI is InChI=1S/C12H17N3O3/c1-3-5-14-11(16)8-15(2)10-7-9(12(17)18)4-6-13-10/h4,6-7H,3,5,8H2,1-2H3,(H,14,16)(H,17,18). The lowest BCUT2D eigenvalue weighted by Gasteiger charge is -2.17. The van der Waals surface area contributed by atoms with Crippen LogP contribution in [0.3, 0.4) is 0 Å². The lowest BCUT2D eigenvalue weighted by atomic mass is 10.2. The SMILES string of the molecule is CCCNC(=O)CN(C)c1cc(C(=O)O)ccn1. The number of anilines is 1. The lowest BCUT2D eigenvalue weighted by Crippen LogP contribution is -2.35. The van der Waals surface area contributed by atoms with E-state index >= 15 is 0 Å². The number of carbonyl (C=O) groups excluding carboxylic acids is 1. The van der Waals surface area contributed by atoms with Crippen LogP contribution in [-0.2, 0) is 4.79 Å². The van der Waals surface area contributed by atoms with Gasteiger partial charge in [0.15, 0.2) is 0 Å². The number of aromatic carboxylic acids is 1. The molecule has 0 spiro atoms. The Labute approximate surface area is 106 Å². The largest absolute Gasteiger partial charge is 0.478 e. The van der Waals surface area contributed by atoms with Crippen LogP contribution in [0.5, 0.6) is 0 Å². The van der Waals surface area contributed by atoms with Crippen LogP contribution in [0.25, 0.3) is 0 Å². The normalized spacial score (nSPS) is 9.89. The van der Waals surface area contributed by atoms with Gasteiger partial charge in [-0.2, -0.15) is 0 Å². The second-order valence-corrected chi connectivity index (χ2v) is 3.91. The quantitative estimate of drug-likeness (QED) is 0.779. The molecule has 0 atom stereocenters. The number of carboxylic acids is 1. The molecule has 2 N–H and O–H groups in total. The summed E-state index contributed by atoms with van der Waals surface area (Å²) >= 11 is 0.